The van der Waals surface area contributed by atoms with Gasteiger partial charge in [0.15, 0.2) is 5.12 Å². The summed E-state index contributed by atoms with van der Waals surface area (Å²) < 4.78 is 0. The Bertz CT molecular complexity index is 149. The smallest absolute Gasteiger partial charge is 0.223 e. The van der Waals surface area contributed by atoms with Gasteiger partial charge in [-0.2, -0.15) is 0 Å². The zero-order chi connectivity index (χ0) is 6.85. The van der Waals surface area contributed by atoms with Gasteiger partial charge in [-0.1, -0.05) is 11.8 Å². The van der Waals surface area contributed by atoms with Crippen LogP contribution in [0.15, 0.2) is 0 Å². The van der Waals surface area contributed by atoms with Gasteiger partial charge in [-0.05, 0) is 0 Å². The molecule has 1 aliphatic rings. The Balaban J connectivity index is 2.18. The van der Waals surface area contributed by atoms with Crippen molar-refractivity contribution in [3.8, 4) is 0 Å². The molecule has 1 aliphatic heterocycles. The summed E-state index contributed by atoms with van der Waals surface area (Å²) in [6.45, 7) is 1.50. The van der Waals surface area contributed by atoms with Gasteiger partial charge in [0.2, 0.25) is 5.91 Å². The van der Waals surface area contributed by atoms with E-state index in [1.165, 1.54) is 18.7 Å². The topological polar surface area (TPSA) is 46.2 Å². The minimum Gasteiger partial charge on any atom is -0.343 e. The summed E-state index contributed by atoms with van der Waals surface area (Å²) in [5, 5.41) is 2.68. The molecule has 0 unspecified atom stereocenters. The average Bonchev–Trinajstić information content (AvgIpc) is 1.60. The van der Waals surface area contributed by atoms with Crippen LogP contribution in [0.5, 0.6) is 0 Å². The van der Waals surface area contributed by atoms with Crippen LogP contribution in [-0.4, -0.2) is 16.4 Å². The first-order valence-corrected chi connectivity index (χ1v) is 3.53. The predicted octanol–water partition coefficient (Wildman–Crippen LogP) is 0.112. The third-order valence-electron chi connectivity index (χ3n) is 1.00. The third-order valence-corrected chi connectivity index (χ3v) is 1.90. The monoisotopic (exact) mass is 145 g/mol. The average molecular weight is 145 g/mol. The molecule has 0 aromatic rings. The number of amides is 1. The molecular weight excluding hydrogens is 138 g/mol. The van der Waals surface area contributed by atoms with Crippen molar-refractivity contribution in [3.05, 3.63) is 0 Å². The fourth-order valence-corrected chi connectivity index (χ4v) is 1.42. The van der Waals surface area contributed by atoms with Crippen LogP contribution in [0.2, 0.25) is 0 Å². The second kappa shape index (κ2) is 2.39. The van der Waals surface area contributed by atoms with Crippen molar-refractivity contribution in [2.75, 3.05) is 0 Å². The molecule has 4 heteroatoms. The van der Waals surface area contributed by atoms with Crippen molar-refractivity contribution in [2.45, 2.75) is 18.7 Å². The van der Waals surface area contributed by atoms with Crippen LogP contribution in [-0.2, 0) is 9.59 Å². The maximum absolute atomic E-state index is 10.4. The molecule has 9 heavy (non-hydrogen) atoms. The maximum Gasteiger partial charge on any atom is 0.223 e. The molecule has 0 radical (unpaired) electrons. The first kappa shape index (κ1) is 6.61. The molecule has 0 saturated carbocycles. The van der Waals surface area contributed by atoms with E-state index in [1.54, 1.807) is 0 Å². The van der Waals surface area contributed by atoms with Gasteiger partial charge in [-0.25, -0.2) is 0 Å². The summed E-state index contributed by atoms with van der Waals surface area (Å²) in [6, 6.07) is 0. The molecule has 1 heterocycles. The van der Waals surface area contributed by atoms with Gasteiger partial charge in [-0.15, -0.1) is 0 Å². The molecule has 3 nitrogen and oxygen atoms in total. The Morgan fingerprint density at radius 1 is 1.89 bits per heavy atom. The molecule has 0 aromatic carbocycles. The quantitative estimate of drug-likeness (QED) is 0.533. The summed E-state index contributed by atoms with van der Waals surface area (Å²) in [4.78, 5) is 20.6. The zero-order valence-corrected chi connectivity index (χ0v) is 5.83. The summed E-state index contributed by atoms with van der Waals surface area (Å²) in [6.07, 6.45) is 0.490. The molecule has 0 spiro atoms. The van der Waals surface area contributed by atoms with Crippen LogP contribution < -0.4 is 5.32 Å². The van der Waals surface area contributed by atoms with Gasteiger partial charge in [0.05, 0.1) is 11.8 Å². The molecule has 0 aliphatic carbocycles. The molecule has 1 atom stereocenters. The highest BCUT2D eigenvalue weighted by Gasteiger charge is 2.26. The SMILES string of the molecule is CC(=O)S[C@@H]1CC(=O)N1. The number of β-lactam (4-membered cyclic amide) rings is 1. The van der Waals surface area contributed by atoms with Crippen molar-refractivity contribution >= 4 is 22.8 Å². The molecule has 1 amide bonds. The van der Waals surface area contributed by atoms with Crippen molar-refractivity contribution in [3.63, 3.8) is 0 Å². The number of nitrogens with one attached hydrogen (secondary N) is 1. The lowest BCUT2D eigenvalue weighted by Crippen LogP contribution is -2.46. The summed E-state index contributed by atoms with van der Waals surface area (Å²) in [5.74, 6) is 0.0359. The van der Waals surface area contributed by atoms with Crippen molar-refractivity contribution in [1.29, 1.82) is 0 Å². The summed E-state index contributed by atoms with van der Waals surface area (Å²) in [5.41, 5.74) is 0. The van der Waals surface area contributed by atoms with Gasteiger partial charge in [0.1, 0.15) is 0 Å². The molecule has 1 N–H and O–H groups in total. The number of hydrogen-bond donors (Lipinski definition) is 1. The molecule has 0 bridgehead atoms. The van der Waals surface area contributed by atoms with Gasteiger partial charge in [0, 0.05) is 6.92 Å². The van der Waals surface area contributed by atoms with Gasteiger partial charge in [-0.3, -0.25) is 9.59 Å². The van der Waals surface area contributed by atoms with E-state index >= 15 is 0 Å². The fourth-order valence-electron chi connectivity index (χ4n) is 0.598. The van der Waals surface area contributed by atoms with Crippen LogP contribution in [0.1, 0.15) is 13.3 Å². The van der Waals surface area contributed by atoms with Crippen LogP contribution >= 0.6 is 11.8 Å². The minimum atomic E-state index is 0.0359. The molecule has 1 saturated heterocycles. The third kappa shape index (κ3) is 1.71. The molecule has 1 fully saturated rings. The number of hydrogen-bond acceptors (Lipinski definition) is 3. The lowest BCUT2D eigenvalue weighted by atomic mass is 10.3. The van der Waals surface area contributed by atoms with Gasteiger partial charge in [0.25, 0.3) is 0 Å². The van der Waals surface area contributed by atoms with E-state index in [1.807, 2.05) is 0 Å². The maximum atomic E-state index is 10.4. The van der Waals surface area contributed by atoms with E-state index in [9.17, 15) is 9.59 Å². The lowest BCUT2D eigenvalue weighted by molar-refractivity contribution is -0.126. The highest BCUT2D eigenvalue weighted by Crippen LogP contribution is 2.18. The van der Waals surface area contributed by atoms with E-state index in [4.69, 9.17) is 0 Å². The van der Waals surface area contributed by atoms with E-state index in [0.717, 1.165) is 0 Å². The second-order valence-corrected chi connectivity index (χ2v) is 3.25. The molecular formula is C5H7NO2S. The van der Waals surface area contributed by atoms with E-state index in [2.05, 4.69) is 5.32 Å². The molecule has 1 rings (SSSR count). The normalized spacial score (nSPS) is 24.6. The Morgan fingerprint density at radius 3 is 2.78 bits per heavy atom. The number of thioether (sulfide) groups is 1. The van der Waals surface area contributed by atoms with Crippen LogP contribution in [0, 0.1) is 0 Å². The van der Waals surface area contributed by atoms with Crippen LogP contribution in [0.4, 0.5) is 0 Å². The lowest BCUT2D eigenvalue weighted by Gasteiger charge is -2.24. The van der Waals surface area contributed by atoms with E-state index in [-0.39, 0.29) is 16.4 Å². The highest BCUT2D eigenvalue weighted by molar-refractivity contribution is 8.14. The summed E-state index contributed by atoms with van der Waals surface area (Å²) >= 11 is 1.17. The number of carbonyl (C=O) groups excluding carboxylic acids is 2. The first-order valence-electron chi connectivity index (χ1n) is 2.65. The van der Waals surface area contributed by atoms with E-state index < -0.39 is 0 Å². The largest absolute Gasteiger partial charge is 0.343 e. The zero-order valence-electron chi connectivity index (χ0n) is 5.01. The van der Waals surface area contributed by atoms with Crippen molar-refractivity contribution < 1.29 is 9.59 Å². The molecule has 50 valence electrons. The van der Waals surface area contributed by atoms with Crippen molar-refractivity contribution in [2.24, 2.45) is 0 Å². The summed E-state index contributed by atoms with van der Waals surface area (Å²) in [7, 11) is 0. The van der Waals surface area contributed by atoms with Gasteiger partial charge >= 0.3 is 0 Å². The predicted molar refractivity (Wildman–Crippen MR) is 34.8 cm³/mol. The second-order valence-electron chi connectivity index (χ2n) is 1.87. The highest BCUT2D eigenvalue weighted by atomic mass is 32.2. The first-order chi connectivity index (χ1) is 4.18. The van der Waals surface area contributed by atoms with E-state index in [0.29, 0.717) is 6.42 Å². The fraction of sp³-hybridized carbons (Fsp3) is 0.600. The standard InChI is InChI=1S/C5H7NO2S/c1-3(7)9-5-2-4(8)6-5/h5H,2H2,1H3,(H,6,8)/t5-/m1/s1. The van der Waals surface area contributed by atoms with Gasteiger partial charge < -0.3 is 5.32 Å². The van der Waals surface area contributed by atoms with Crippen LogP contribution in [0.3, 0.4) is 0 Å². The number of carbonyl (C=O) groups is 2. The Hall–Kier alpha value is -0.510. The van der Waals surface area contributed by atoms with Crippen LogP contribution in [0.25, 0.3) is 0 Å². The Kier molecular flexibility index (Phi) is 1.75. The van der Waals surface area contributed by atoms with Crippen molar-refractivity contribution in [1.82, 2.24) is 5.32 Å². The Labute approximate surface area is 57.2 Å². The molecule has 0 aromatic heterocycles. The Morgan fingerprint density at radius 2 is 2.44 bits per heavy atom. The minimum absolute atomic E-state index is 0.0359. The number of rotatable bonds is 1.